The Kier molecular flexibility index (Phi) is 13.5. The molecule has 0 aliphatic carbocycles. The zero-order valence-corrected chi connectivity index (χ0v) is 27.8. The lowest BCUT2D eigenvalue weighted by Gasteiger charge is -2.20. The summed E-state index contributed by atoms with van der Waals surface area (Å²) < 4.78 is 11.3. The topological polar surface area (TPSA) is 140 Å². The van der Waals surface area contributed by atoms with Crippen LogP contribution in [0.25, 0.3) is 22.5 Å². The second-order valence-corrected chi connectivity index (χ2v) is 11.5. The molecule has 0 radical (unpaired) electrons. The number of unbranched alkanes of at least 4 members (excludes halogenated alkanes) is 4. The van der Waals surface area contributed by atoms with Crippen LogP contribution in [0, 0.1) is 0 Å². The van der Waals surface area contributed by atoms with Crippen molar-refractivity contribution >= 4 is 17.8 Å². The van der Waals surface area contributed by atoms with Crippen LogP contribution in [0.3, 0.4) is 0 Å². The minimum Gasteiger partial charge on any atom is -0.494 e. The molecule has 0 bridgehead atoms. The fraction of sp³-hybridized carbons (Fsp3) is 0.342. The number of nitrogens with one attached hydrogen (secondary N) is 2. The molecule has 0 spiro atoms. The minimum atomic E-state index is -1.18. The van der Waals surface area contributed by atoms with Crippen molar-refractivity contribution in [3.05, 3.63) is 96.3 Å². The SMILES string of the molecule is CCCCCCCOc1ccc(-c2cnc(-c3ccc(C[C@H](NC(=O)c4ccc(OCC)cc4)C(=O)N[C@H](C)C(=O)O)cc3)nc2)cc1. The highest BCUT2D eigenvalue weighted by atomic mass is 16.5. The number of amides is 2. The molecule has 3 aromatic carbocycles. The molecule has 4 rings (SSSR count). The third-order valence-corrected chi connectivity index (χ3v) is 7.79. The van der Waals surface area contributed by atoms with Gasteiger partial charge in [0.15, 0.2) is 5.82 Å². The molecule has 2 amide bonds. The maximum Gasteiger partial charge on any atom is 0.325 e. The molecular weight excluding hydrogens is 608 g/mol. The van der Waals surface area contributed by atoms with Gasteiger partial charge in [-0.25, -0.2) is 9.97 Å². The Balaban J connectivity index is 1.39. The van der Waals surface area contributed by atoms with Crippen molar-refractivity contribution in [2.75, 3.05) is 13.2 Å². The first kappa shape index (κ1) is 35.6. The van der Waals surface area contributed by atoms with Crippen molar-refractivity contribution in [2.24, 2.45) is 0 Å². The fourth-order valence-corrected chi connectivity index (χ4v) is 4.99. The second-order valence-electron chi connectivity index (χ2n) is 11.5. The number of benzene rings is 3. The molecule has 3 N–H and O–H groups in total. The van der Waals surface area contributed by atoms with E-state index >= 15 is 0 Å². The van der Waals surface area contributed by atoms with E-state index in [1.807, 2.05) is 55.5 Å². The molecule has 1 aromatic heterocycles. The highest BCUT2D eigenvalue weighted by Gasteiger charge is 2.25. The van der Waals surface area contributed by atoms with E-state index in [2.05, 4.69) is 27.5 Å². The summed E-state index contributed by atoms with van der Waals surface area (Å²) in [5, 5.41) is 14.5. The second kappa shape index (κ2) is 18.2. The third kappa shape index (κ3) is 10.7. The van der Waals surface area contributed by atoms with Crippen LogP contribution in [0.1, 0.15) is 68.8 Å². The van der Waals surface area contributed by atoms with Gasteiger partial charge in [-0.05, 0) is 67.8 Å². The molecule has 0 aliphatic heterocycles. The molecule has 0 aliphatic rings. The number of ether oxygens (including phenoxy) is 2. The Labute approximate surface area is 281 Å². The molecule has 48 heavy (non-hydrogen) atoms. The number of carbonyl (C=O) groups is 3. The summed E-state index contributed by atoms with van der Waals surface area (Å²) in [6, 6.07) is 19.7. The van der Waals surface area contributed by atoms with E-state index in [1.54, 1.807) is 36.7 Å². The van der Waals surface area contributed by atoms with Gasteiger partial charge in [0.25, 0.3) is 5.91 Å². The number of hydrogen-bond acceptors (Lipinski definition) is 7. The van der Waals surface area contributed by atoms with E-state index < -0.39 is 29.9 Å². The van der Waals surface area contributed by atoms with Crippen molar-refractivity contribution in [3.63, 3.8) is 0 Å². The highest BCUT2D eigenvalue weighted by molar-refractivity contribution is 5.98. The van der Waals surface area contributed by atoms with Crippen molar-refractivity contribution in [2.45, 2.75) is 71.4 Å². The lowest BCUT2D eigenvalue weighted by atomic mass is 10.0. The summed E-state index contributed by atoms with van der Waals surface area (Å²) in [6.45, 7) is 6.66. The van der Waals surface area contributed by atoms with E-state index in [4.69, 9.17) is 9.47 Å². The molecule has 1 heterocycles. The molecule has 0 fully saturated rings. The number of carboxylic acids is 1. The molecule has 4 aromatic rings. The molecule has 10 nitrogen and oxygen atoms in total. The lowest BCUT2D eigenvalue weighted by Crippen LogP contribution is -2.51. The number of aliphatic carboxylic acids is 1. The molecule has 0 saturated carbocycles. The van der Waals surface area contributed by atoms with Crippen LogP contribution >= 0.6 is 0 Å². The van der Waals surface area contributed by atoms with E-state index in [0.29, 0.717) is 23.7 Å². The summed E-state index contributed by atoms with van der Waals surface area (Å²) >= 11 is 0. The first-order valence-electron chi connectivity index (χ1n) is 16.5. The van der Waals surface area contributed by atoms with Gasteiger partial charge in [-0.2, -0.15) is 0 Å². The van der Waals surface area contributed by atoms with Crippen LogP contribution < -0.4 is 20.1 Å². The van der Waals surface area contributed by atoms with Crippen LogP contribution in [0.4, 0.5) is 0 Å². The van der Waals surface area contributed by atoms with E-state index in [9.17, 15) is 19.5 Å². The average molecular weight is 653 g/mol. The van der Waals surface area contributed by atoms with Crippen LogP contribution in [-0.4, -0.2) is 58.2 Å². The standard InChI is InChI=1S/C38H44N4O6/c1-4-6-7-8-9-22-48-33-18-14-28(15-19-33)31-24-39-35(40-25-31)29-12-10-27(11-13-29)23-34(37(44)41-26(3)38(45)46)42-36(43)30-16-20-32(21-17-30)47-5-2/h10-21,24-26,34H,4-9,22-23H2,1-3H3,(H,41,44)(H,42,43)(H,45,46)/t26-,34+/m1/s1. The first-order valence-corrected chi connectivity index (χ1v) is 16.5. The molecule has 10 heteroatoms. The number of aromatic nitrogens is 2. The van der Waals surface area contributed by atoms with E-state index in [0.717, 1.165) is 41.0 Å². The summed E-state index contributed by atoms with van der Waals surface area (Å²) in [5.41, 5.74) is 3.76. The van der Waals surface area contributed by atoms with Crippen LogP contribution in [0.2, 0.25) is 0 Å². The van der Waals surface area contributed by atoms with Gasteiger partial charge >= 0.3 is 5.97 Å². The summed E-state index contributed by atoms with van der Waals surface area (Å²) in [5.74, 6) is -0.231. The predicted molar refractivity (Wildman–Crippen MR) is 185 cm³/mol. The number of hydrogen-bond donors (Lipinski definition) is 3. The quantitative estimate of drug-likeness (QED) is 0.104. The molecule has 0 saturated heterocycles. The Hall–Kier alpha value is -5.25. The molecule has 0 unspecified atom stereocenters. The number of carboxylic acid groups (broad SMARTS) is 1. The zero-order chi connectivity index (χ0) is 34.3. The Morgan fingerprint density at radius 3 is 1.96 bits per heavy atom. The largest absolute Gasteiger partial charge is 0.494 e. The maximum atomic E-state index is 13.1. The average Bonchev–Trinajstić information content (AvgIpc) is 3.10. The maximum absolute atomic E-state index is 13.1. The lowest BCUT2D eigenvalue weighted by molar-refractivity contribution is -0.141. The Morgan fingerprint density at radius 1 is 0.729 bits per heavy atom. The van der Waals surface area contributed by atoms with Crippen LogP contribution in [0.5, 0.6) is 11.5 Å². The minimum absolute atomic E-state index is 0.138. The van der Waals surface area contributed by atoms with E-state index in [-0.39, 0.29) is 6.42 Å². The summed E-state index contributed by atoms with van der Waals surface area (Å²) in [7, 11) is 0. The first-order chi connectivity index (χ1) is 23.3. The van der Waals surface area contributed by atoms with Crippen LogP contribution in [0.15, 0.2) is 85.2 Å². The number of rotatable bonds is 18. The fourth-order valence-electron chi connectivity index (χ4n) is 4.99. The summed E-state index contributed by atoms with van der Waals surface area (Å²) in [6.07, 6.45) is 9.69. The predicted octanol–water partition coefficient (Wildman–Crippen LogP) is 6.49. The number of carbonyl (C=O) groups excluding carboxylic acids is 2. The van der Waals surface area contributed by atoms with Gasteiger partial charge in [0.05, 0.1) is 13.2 Å². The van der Waals surface area contributed by atoms with E-state index in [1.165, 1.54) is 32.6 Å². The Morgan fingerprint density at radius 2 is 1.33 bits per heavy atom. The van der Waals surface area contributed by atoms with Crippen molar-refractivity contribution < 1.29 is 29.0 Å². The van der Waals surface area contributed by atoms with Crippen molar-refractivity contribution in [1.29, 1.82) is 0 Å². The normalized spacial score (nSPS) is 12.1. The molecule has 252 valence electrons. The highest BCUT2D eigenvalue weighted by Crippen LogP contribution is 2.24. The number of nitrogens with zero attached hydrogens (tertiary/aromatic N) is 2. The molecular formula is C38H44N4O6. The van der Waals surface area contributed by atoms with Gasteiger partial charge in [0.2, 0.25) is 5.91 Å². The van der Waals surface area contributed by atoms with Gasteiger partial charge in [-0.15, -0.1) is 0 Å². The van der Waals surface area contributed by atoms with Crippen molar-refractivity contribution in [1.82, 2.24) is 20.6 Å². The zero-order valence-electron chi connectivity index (χ0n) is 27.8. The van der Waals surface area contributed by atoms with Gasteiger partial charge in [0.1, 0.15) is 23.6 Å². The van der Waals surface area contributed by atoms with Gasteiger partial charge < -0.3 is 25.2 Å². The Bertz CT molecular complexity index is 1610. The van der Waals surface area contributed by atoms with Gasteiger partial charge in [0, 0.05) is 35.5 Å². The van der Waals surface area contributed by atoms with Gasteiger partial charge in [-0.3, -0.25) is 14.4 Å². The smallest absolute Gasteiger partial charge is 0.325 e. The van der Waals surface area contributed by atoms with Gasteiger partial charge in [-0.1, -0.05) is 69.0 Å². The van der Waals surface area contributed by atoms with Crippen molar-refractivity contribution in [3.8, 4) is 34.0 Å². The molecule has 2 atom stereocenters. The third-order valence-electron chi connectivity index (χ3n) is 7.79. The van der Waals surface area contributed by atoms with Crippen LogP contribution in [-0.2, 0) is 16.0 Å². The monoisotopic (exact) mass is 652 g/mol. The summed E-state index contributed by atoms with van der Waals surface area (Å²) in [4.78, 5) is 46.6.